The van der Waals surface area contributed by atoms with Gasteiger partial charge >= 0.3 is 0 Å². The van der Waals surface area contributed by atoms with E-state index < -0.39 is 34.9 Å². The normalized spacial score (nSPS) is 21.9. The third-order valence-corrected chi connectivity index (χ3v) is 7.25. The molecule has 11 heteroatoms. The quantitative estimate of drug-likeness (QED) is 0.598. The van der Waals surface area contributed by atoms with E-state index in [1.807, 2.05) is 0 Å². The zero-order valence-electron chi connectivity index (χ0n) is 19.4. The summed E-state index contributed by atoms with van der Waals surface area (Å²) in [7, 11) is 1.43. The largest absolute Gasteiger partial charge is 0.361 e. The van der Waals surface area contributed by atoms with Crippen molar-refractivity contribution in [3.05, 3.63) is 68.1 Å². The first kappa shape index (κ1) is 23.1. The number of halogens is 3. The van der Waals surface area contributed by atoms with Gasteiger partial charge in [-0.15, -0.1) is 0 Å². The molecule has 1 unspecified atom stereocenters. The van der Waals surface area contributed by atoms with Gasteiger partial charge in [0.25, 0.3) is 17.5 Å². The molecule has 35 heavy (non-hydrogen) atoms. The molecule has 8 nitrogen and oxygen atoms in total. The van der Waals surface area contributed by atoms with Crippen LogP contribution in [0.1, 0.15) is 50.3 Å². The molecule has 1 aromatic carbocycles. The fourth-order valence-corrected chi connectivity index (χ4v) is 5.41. The number of carbonyl (C=O) groups is 1. The lowest BCUT2D eigenvalue weighted by Crippen LogP contribution is -2.48. The van der Waals surface area contributed by atoms with Crippen LogP contribution in [0.25, 0.3) is 10.8 Å². The van der Waals surface area contributed by atoms with Crippen LogP contribution in [0, 0.1) is 5.82 Å². The third kappa shape index (κ3) is 3.52. The molecule has 3 fully saturated rings. The number of nitrogens with one attached hydrogen (secondary N) is 1. The number of pyridine rings is 1. The second-order valence-electron chi connectivity index (χ2n) is 9.44. The second-order valence-corrected chi connectivity index (χ2v) is 9.44. The number of alkyl halides is 2. The van der Waals surface area contributed by atoms with Gasteiger partial charge in [0.05, 0.1) is 22.5 Å². The van der Waals surface area contributed by atoms with Crippen molar-refractivity contribution in [2.45, 2.75) is 50.7 Å². The van der Waals surface area contributed by atoms with Crippen LogP contribution >= 0.6 is 0 Å². The number of amides is 1. The van der Waals surface area contributed by atoms with Gasteiger partial charge < -0.3 is 14.8 Å². The van der Waals surface area contributed by atoms with E-state index in [0.29, 0.717) is 24.8 Å². The SMILES string of the molecule is CC(=O)N1CC2(n3cc4c(NC(C)c5cccc(C(F)F)c5F)nn(C)c(=O)c4cc3=O)CC1C2. The molecule has 6 rings (SSSR count). The first-order valence-corrected chi connectivity index (χ1v) is 11.3. The maximum absolute atomic E-state index is 14.7. The molecule has 3 aliphatic rings. The van der Waals surface area contributed by atoms with E-state index in [2.05, 4.69) is 10.4 Å². The lowest BCUT2D eigenvalue weighted by molar-refractivity contribution is -0.128. The molecule has 2 bridgehead atoms. The number of hydrogen-bond donors (Lipinski definition) is 1. The zero-order chi connectivity index (χ0) is 25.2. The Kier molecular flexibility index (Phi) is 5.26. The Morgan fingerprint density at radius 3 is 2.51 bits per heavy atom. The molecule has 2 aliphatic heterocycles. The molecule has 0 radical (unpaired) electrons. The first-order chi connectivity index (χ1) is 16.5. The van der Waals surface area contributed by atoms with Crippen molar-refractivity contribution in [2.24, 2.45) is 7.05 Å². The van der Waals surface area contributed by atoms with E-state index in [0.717, 1.165) is 10.7 Å². The van der Waals surface area contributed by atoms with E-state index in [9.17, 15) is 27.6 Å². The van der Waals surface area contributed by atoms with Gasteiger partial charge in [-0.05, 0) is 19.8 Å². The van der Waals surface area contributed by atoms with Gasteiger partial charge in [-0.3, -0.25) is 14.4 Å². The predicted molar refractivity (Wildman–Crippen MR) is 123 cm³/mol. The van der Waals surface area contributed by atoms with Crippen molar-refractivity contribution in [1.29, 1.82) is 0 Å². The summed E-state index contributed by atoms with van der Waals surface area (Å²) in [6.45, 7) is 3.50. The monoisotopic (exact) mass is 487 g/mol. The lowest BCUT2D eigenvalue weighted by atomic mass is 9.77. The van der Waals surface area contributed by atoms with E-state index in [1.54, 1.807) is 22.6 Å². The maximum Gasteiger partial charge on any atom is 0.274 e. The molecule has 0 spiro atoms. The highest BCUT2D eigenvalue weighted by atomic mass is 19.3. The van der Waals surface area contributed by atoms with Crippen molar-refractivity contribution < 1.29 is 18.0 Å². The molecule has 3 aromatic rings. The topological polar surface area (TPSA) is 89.2 Å². The van der Waals surface area contributed by atoms with Gasteiger partial charge in [0.1, 0.15) is 5.82 Å². The summed E-state index contributed by atoms with van der Waals surface area (Å²) < 4.78 is 43.7. The van der Waals surface area contributed by atoms with Crippen LogP contribution in [0.5, 0.6) is 0 Å². The van der Waals surface area contributed by atoms with Crippen LogP contribution in [-0.4, -0.2) is 37.7 Å². The van der Waals surface area contributed by atoms with E-state index in [1.165, 1.54) is 32.2 Å². The lowest BCUT2D eigenvalue weighted by Gasteiger charge is -2.38. The fourth-order valence-electron chi connectivity index (χ4n) is 5.41. The van der Waals surface area contributed by atoms with E-state index in [-0.39, 0.29) is 34.3 Å². The van der Waals surface area contributed by atoms with Crippen molar-refractivity contribution in [3.8, 4) is 0 Å². The van der Waals surface area contributed by atoms with Crippen molar-refractivity contribution >= 4 is 22.5 Å². The molecule has 1 atom stereocenters. The van der Waals surface area contributed by atoms with Crippen molar-refractivity contribution in [2.75, 3.05) is 11.9 Å². The average Bonchev–Trinajstić information content (AvgIpc) is 3.34. The minimum absolute atomic E-state index is 0.0215. The third-order valence-electron chi connectivity index (χ3n) is 7.25. The highest BCUT2D eigenvalue weighted by Gasteiger charge is 2.57. The number of fused-ring (bicyclic) bond motifs is 2. The number of anilines is 1. The summed E-state index contributed by atoms with van der Waals surface area (Å²) >= 11 is 0. The van der Waals surface area contributed by atoms with Crippen molar-refractivity contribution in [1.82, 2.24) is 19.2 Å². The number of aryl methyl sites for hydroxylation is 1. The minimum Gasteiger partial charge on any atom is -0.361 e. The Morgan fingerprint density at radius 1 is 1.20 bits per heavy atom. The molecule has 4 heterocycles. The Bertz CT molecular complexity index is 1480. The molecule has 1 N–H and O–H groups in total. The molecule has 2 saturated heterocycles. The van der Waals surface area contributed by atoms with Gasteiger partial charge in [-0.2, -0.15) is 5.10 Å². The van der Waals surface area contributed by atoms with Crippen molar-refractivity contribution in [3.63, 3.8) is 0 Å². The Morgan fingerprint density at radius 2 is 1.89 bits per heavy atom. The predicted octanol–water partition coefficient (Wildman–Crippen LogP) is 3.06. The van der Waals surface area contributed by atoms with Crippen LogP contribution in [0.3, 0.4) is 0 Å². The fraction of sp³-hybridized carbons (Fsp3) is 0.417. The van der Waals surface area contributed by atoms with Gasteiger partial charge in [0, 0.05) is 49.8 Å². The van der Waals surface area contributed by atoms with E-state index in [4.69, 9.17) is 0 Å². The molecule has 1 saturated carbocycles. The van der Waals surface area contributed by atoms with Crippen LogP contribution in [0.2, 0.25) is 0 Å². The van der Waals surface area contributed by atoms with Crippen LogP contribution in [-0.2, 0) is 17.4 Å². The average molecular weight is 487 g/mol. The Hall–Kier alpha value is -3.63. The molecular weight excluding hydrogens is 463 g/mol. The molecule has 1 aliphatic carbocycles. The number of hydrogen-bond acceptors (Lipinski definition) is 5. The highest BCUT2D eigenvalue weighted by Crippen LogP contribution is 2.49. The summed E-state index contributed by atoms with van der Waals surface area (Å²) in [5.74, 6) is -0.856. The Balaban J connectivity index is 1.59. The number of benzene rings is 1. The van der Waals surface area contributed by atoms with Crippen LogP contribution in [0.15, 0.2) is 40.1 Å². The molecular formula is C24H24F3N5O3. The molecule has 1 amide bonds. The highest BCUT2D eigenvalue weighted by molar-refractivity contribution is 5.90. The van der Waals surface area contributed by atoms with Gasteiger partial charge in [-0.25, -0.2) is 17.9 Å². The summed E-state index contributed by atoms with van der Waals surface area (Å²) in [5, 5.41) is 7.79. The smallest absolute Gasteiger partial charge is 0.274 e. The van der Waals surface area contributed by atoms with Gasteiger partial charge in [0.15, 0.2) is 5.82 Å². The summed E-state index contributed by atoms with van der Waals surface area (Å²) in [6, 6.07) is 4.36. The standard InChI is InChI=1S/C24H24F3N5O3/c1-12(15-5-4-6-16(20(15)25)21(26)27)28-22-18-10-32(19(34)7-17(18)23(35)30(3)29-22)24-8-14(9-24)31(11-24)13(2)33/h4-7,10,12,14,21H,8-9,11H2,1-3H3,(H,28,29). The Labute approximate surface area is 198 Å². The zero-order valence-corrected chi connectivity index (χ0v) is 19.4. The number of nitrogens with zero attached hydrogens (tertiary/aromatic N) is 4. The summed E-state index contributed by atoms with van der Waals surface area (Å²) in [6.07, 6.45) is -0.116. The number of rotatable bonds is 5. The molecule has 184 valence electrons. The van der Waals surface area contributed by atoms with Gasteiger partial charge in [-0.1, -0.05) is 18.2 Å². The second kappa shape index (κ2) is 7.96. The van der Waals surface area contributed by atoms with E-state index >= 15 is 0 Å². The van der Waals surface area contributed by atoms with Crippen LogP contribution < -0.4 is 16.4 Å². The molecule has 2 aromatic heterocycles. The first-order valence-electron chi connectivity index (χ1n) is 11.3. The number of aromatic nitrogens is 3. The summed E-state index contributed by atoms with van der Waals surface area (Å²) in [4.78, 5) is 39.5. The number of carbonyl (C=O) groups excluding carboxylic acids is 1. The van der Waals surface area contributed by atoms with Gasteiger partial charge in [0.2, 0.25) is 5.91 Å². The minimum atomic E-state index is -2.96. The summed E-state index contributed by atoms with van der Waals surface area (Å²) in [5.41, 5.74) is -2.07. The van der Waals surface area contributed by atoms with Crippen LogP contribution in [0.4, 0.5) is 19.0 Å². The maximum atomic E-state index is 14.7.